The molecule has 0 aromatic heterocycles. The quantitative estimate of drug-likeness (QED) is 0.339. The lowest BCUT2D eigenvalue weighted by atomic mass is 9.95. The highest BCUT2D eigenvalue weighted by Gasteiger charge is 2.46. The third-order valence-electron chi connectivity index (χ3n) is 5.71. The SMILES string of the molecule is COc1ccc(C(O)=C2C(=O)C(=O)N(CCN(C)C)[C@H]2c2ccc(OC)c(OC)c2)cc1OC. The van der Waals surface area contributed by atoms with Crippen LogP contribution in [0.4, 0.5) is 0 Å². The molecule has 2 aromatic carbocycles. The number of rotatable bonds is 9. The van der Waals surface area contributed by atoms with Crippen molar-refractivity contribution in [1.29, 1.82) is 0 Å². The van der Waals surface area contributed by atoms with Crippen molar-refractivity contribution >= 4 is 17.4 Å². The van der Waals surface area contributed by atoms with E-state index in [4.69, 9.17) is 18.9 Å². The molecule has 1 N–H and O–H groups in total. The van der Waals surface area contributed by atoms with E-state index in [2.05, 4.69) is 0 Å². The molecule has 1 aliphatic heterocycles. The molecule has 0 aliphatic carbocycles. The summed E-state index contributed by atoms with van der Waals surface area (Å²) in [7, 11) is 9.78. The van der Waals surface area contributed by atoms with Crippen LogP contribution in [0.1, 0.15) is 17.2 Å². The molecule has 0 saturated carbocycles. The lowest BCUT2D eigenvalue weighted by Crippen LogP contribution is -2.35. The van der Waals surface area contributed by atoms with Gasteiger partial charge in [-0.25, -0.2) is 0 Å². The maximum absolute atomic E-state index is 13.2. The largest absolute Gasteiger partial charge is 0.507 e. The molecular weight excluding hydrogens is 440 g/mol. The Labute approximate surface area is 199 Å². The van der Waals surface area contributed by atoms with Crippen LogP contribution in [0.25, 0.3) is 5.76 Å². The Morgan fingerprint density at radius 2 is 1.44 bits per heavy atom. The predicted octanol–water partition coefficient (Wildman–Crippen LogP) is 2.70. The van der Waals surface area contributed by atoms with Crippen molar-refractivity contribution in [3.63, 3.8) is 0 Å². The van der Waals surface area contributed by atoms with Crippen molar-refractivity contribution in [3.8, 4) is 23.0 Å². The summed E-state index contributed by atoms with van der Waals surface area (Å²) in [4.78, 5) is 29.6. The van der Waals surface area contributed by atoms with Gasteiger partial charge in [0.05, 0.1) is 40.1 Å². The Bertz CT molecular complexity index is 1110. The molecule has 0 spiro atoms. The molecule has 0 unspecified atom stereocenters. The number of likely N-dealkylation sites (tertiary alicyclic amines) is 1. The lowest BCUT2D eigenvalue weighted by Gasteiger charge is -2.27. The lowest BCUT2D eigenvalue weighted by molar-refractivity contribution is -0.140. The van der Waals surface area contributed by atoms with Gasteiger partial charge in [-0.1, -0.05) is 6.07 Å². The number of carbonyl (C=O) groups is 2. The number of carbonyl (C=O) groups excluding carboxylic acids is 2. The summed E-state index contributed by atoms with van der Waals surface area (Å²) in [5.41, 5.74) is 0.926. The minimum atomic E-state index is -0.812. The summed E-state index contributed by atoms with van der Waals surface area (Å²) in [5, 5.41) is 11.3. The second kappa shape index (κ2) is 10.5. The average molecular weight is 471 g/mol. The number of amides is 1. The summed E-state index contributed by atoms with van der Waals surface area (Å²) in [6.07, 6.45) is 0. The van der Waals surface area contributed by atoms with Crippen LogP contribution in [0.3, 0.4) is 0 Å². The highest BCUT2D eigenvalue weighted by Crippen LogP contribution is 2.42. The first kappa shape index (κ1) is 24.9. The van der Waals surface area contributed by atoms with Crippen LogP contribution in [0.5, 0.6) is 23.0 Å². The predicted molar refractivity (Wildman–Crippen MR) is 127 cm³/mol. The number of hydrogen-bond acceptors (Lipinski definition) is 8. The zero-order chi connectivity index (χ0) is 25.0. The number of aliphatic hydroxyl groups is 1. The van der Waals surface area contributed by atoms with Crippen LogP contribution in [0.15, 0.2) is 42.0 Å². The van der Waals surface area contributed by atoms with Gasteiger partial charge in [0, 0.05) is 18.7 Å². The van der Waals surface area contributed by atoms with Crippen LogP contribution < -0.4 is 18.9 Å². The van der Waals surface area contributed by atoms with Gasteiger partial charge in [0.2, 0.25) is 0 Å². The van der Waals surface area contributed by atoms with Gasteiger partial charge in [-0.2, -0.15) is 0 Å². The van der Waals surface area contributed by atoms with E-state index in [0.29, 0.717) is 47.2 Å². The molecule has 1 saturated heterocycles. The van der Waals surface area contributed by atoms with E-state index in [0.717, 1.165) is 0 Å². The topological polar surface area (TPSA) is 97.8 Å². The number of methoxy groups -OCH3 is 4. The van der Waals surface area contributed by atoms with Crippen molar-refractivity contribution in [2.24, 2.45) is 0 Å². The minimum Gasteiger partial charge on any atom is -0.507 e. The molecule has 34 heavy (non-hydrogen) atoms. The Morgan fingerprint density at radius 3 is 2.00 bits per heavy atom. The number of likely N-dealkylation sites (N-methyl/N-ethyl adjacent to an activating group) is 1. The fourth-order valence-electron chi connectivity index (χ4n) is 3.93. The van der Waals surface area contributed by atoms with E-state index >= 15 is 0 Å². The third-order valence-corrected chi connectivity index (χ3v) is 5.71. The molecule has 182 valence electrons. The van der Waals surface area contributed by atoms with Gasteiger partial charge in [-0.05, 0) is 50.0 Å². The van der Waals surface area contributed by atoms with Crippen molar-refractivity contribution < 1.29 is 33.6 Å². The molecule has 1 atom stereocenters. The van der Waals surface area contributed by atoms with Gasteiger partial charge in [0.1, 0.15) is 5.76 Å². The van der Waals surface area contributed by atoms with Gasteiger partial charge < -0.3 is 33.9 Å². The molecule has 2 aromatic rings. The number of nitrogens with zero attached hydrogens (tertiary/aromatic N) is 2. The van der Waals surface area contributed by atoms with E-state index in [1.54, 1.807) is 36.4 Å². The summed E-state index contributed by atoms with van der Waals surface area (Å²) >= 11 is 0. The fraction of sp³-hybridized carbons (Fsp3) is 0.360. The molecule has 1 fully saturated rings. The monoisotopic (exact) mass is 470 g/mol. The van der Waals surface area contributed by atoms with E-state index in [9.17, 15) is 14.7 Å². The zero-order valence-electron chi connectivity index (χ0n) is 20.2. The van der Waals surface area contributed by atoms with E-state index in [1.165, 1.54) is 33.3 Å². The molecule has 1 amide bonds. The summed E-state index contributed by atoms with van der Waals surface area (Å²) in [6.45, 7) is 0.826. The molecule has 1 heterocycles. The van der Waals surface area contributed by atoms with E-state index in [-0.39, 0.29) is 11.3 Å². The summed E-state index contributed by atoms with van der Waals surface area (Å²) in [6, 6.07) is 9.15. The molecule has 0 radical (unpaired) electrons. The van der Waals surface area contributed by atoms with Crippen LogP contribution in [-0.4, -0.2) is 82.2 Å². The van der Waals surface area contributed by atoms with Gasteiger partial charge >= 0.3 is 0 Å². The Balaban J connectivity index is 2.20. The maximum atomic E-state index is 13.2. The van der Waals surface area contributed by atoms with Crippen LogP contribution in [0, 0.1) is 0 Å². The smallest absolute Gasteiger partial charge is 0.295 e. The van der Waals surface area contributed by atoms with Crippen LogP contribution in [0.2, 0.25) is 0 Å². The van der Waals surface area contributed by atoms with Gasteiger partial charge in [-0.15, -0.1) is 0 Å². The minimum absolute atomic E-state index is 0.0109. The second-order valence-electron chi connectivity index (χ2n) is 7.98. The number of hydrogen-bond donors (Lipinski definition) is 1. The number of ether oxygens (including phenoxy) is 4. The molecule has 3 rings (SSSR count). The van der Waals surface area contributed by atoms with Gasteiger partial charge in [0.15, 0.2) is 23.0 Å². The first-order valence-electron chi connectivity index (χ1n) is 10.6. The second-order valence-corrected chi connectivity index (χ2v) is 7.98. The van der Waals surface area contributed by atoms with Crippen molar-refractivity contribution in [1.82, 2.24) is 9.80 Å². The van der Waals surface area contributed by atoms with Gasteiger partial charge in [0.25, 0.3) is 11.7 Å². The van der Waals surface area contributed by atoms with Crippen molar-refractivity contribution in [2.45, 2.75) is 6.04 Å². The zero-order valence-corrected chi connectivity index (χ0v) is 20.2. The number of aliphatic hydroxyl groups excluding tert-OH is 1. The Morgan fingerprint density at radius 1 is 0.882 bits per heavy atom. The highest BCUT2D eigenvalue weighted by atomic mass is 16.5. The highest BCUT2D eigenvalue weighted by molar-refractivity contribution is 6.46. The summed E-state index contributed by atoms with van der Waals surface area (Å²) < 4.78 is 21.4. The maximum Gasteiger partial charge on any atom is 0.295 e. The average Bonchev–Trinajstić information content (AvgIpc) is 3.10. The third kappa shape index (κ3) is 4.65. The molecule has 1 aliphatic rings. The fourth-order valence-corrected chi connectivity index (χ4v) is 3.93. The normalized spacial score (nSPS) is 17.3. The number of Topliss-reactive ketones (excluding diaryl/α,β-unsaturated/α-hetero) is 1. The number of ketones is 1. The van der Waals surface area contributed by atoms with E-state index in [1.807, 2.05) is 19.0 Å². The molecule has 0 bridgehead atoms. The van der Waals surface area contributed by atoms with Gasteiger partial charge in [-0.3, -0.25) is 9.59 Å². The Hall–Kier alpha value is -3.72. The van der Waals surface area contributed by atoms with Crippen molar-refractivity contribution in [3.05, 3.63) is 53.1 Å². The first-order valence-corrected chi connectivity index (χ1v) is 10.6. The van der Waals surface area contributed by atoms with Crippen LogP contribution >= 0.6 is 0 Å². The molecular formula is C25H30N2O7. The Kier molecular flexibility index (Phi) is 7.68. The standard InChI is InChI=1S/C25H30N2O7/c1-26(2)11-12-27-22(15-7-9-17(31-3)19(13-15)33-5)21(24(29)25(27)30)23(28)16-8-10-18(32-4)20(14-16)34-6/h7-10,13-14,22,28H,11-12H2,1-6H3/t22-/m0/s1. The van der Waals surface area contributed by atoms with Crippen molar-refractivity contribution in [2.75, 3.05) is 55.6 Å². The molecule has 9 nitrogen and oxygen atoms in total. The van der Waals surface area contributed by atoms with Crippen LogP contribution in [-0.2, 0) is 9.59 Å². The number of benzene rings is 2. The summed E-state index contributed by atoms with van der Waals surface area (Å²) in [5.74, 6) is 0.0830. The first-order chi connectivity index (χ1) is 16.3. The van der Waals surface area contributed by atoms with E-state index < -0.39 is 17.7 Å². The molecule has 9 heteroatoms.